The monoisotopic (exact) mass is 617 g/mol. The van der Waals surface area contributed by atoms with Gasteiger partial charge < -0.3 is 14.2 Å². The summed E-state index contributed by atoms with van der Waals surface area (Å²) in [5.74, 6) is -0.110. The van der Waals surface area contributed by atoms with E-state index >= 15 is 0 Å². The first-order chi connectivity index (χ1) is 22.3. The molecule has 5 aromatic rings. The second-order valence-corrected chi connectivity index (χ2v) is 10.9. The first-order valence-corrected chi connectivity index (χ1v) is 15.0. The first-order valence-electron chi connectivity index (χ1n) is 15.0. The van der Waals surface area contributed by atoms with E-state index in [0.717, 1.165) is 16.7 Å². The number of para-hydroxylation sites is 1. The van der Waals surface area contributed by atoms with Gasteiger partial charge in [0.25, 0.3) is 5.69 Å². The Balaban J connectivity index is 0.000000222. The molecule has 0 amide bonds. The minimum absolute atomic E-state index is 0.103. The van der Waals surface area contributed by atoms with Gasteiger partial charge >= 0.3 is 0 Å². The van der Waals surface area contributed by atoms with Gasteiger partial charge in [-0.1, -0.05) is 132 Å². The summed E-state index contributed by atoms with van der Waals surface area (Å²) in [7, 11) is 1.56. The molecular weight excluding hydrogens is 578 g/mol. The number of rotatable bonds is 13. The summed E-state index contributed by atoms with van der Waals surface area (Å²) < 4.78 is 17.3. The fourth-order valence-corrected chi connectivity index (χ4v) is 4.85. The molecule has 0 aliphatic carbocycles. The maximum absolute atomic E-state index is 13.4. The number of carbonyl (C=O) groups is 1. The van der Waals surface area contributed by atoms with E-state index in [-0.39, 0.29) is 29.6 Å². The van der Waals surface area contributed by atoms with Crippen LogP contribution in [0.5, 0.6) is 0 Å². The molecule has 236 valence electrons. The van der Waals surface area contributed by atoms with Crippen LogP contribution in [0, 0.1) is 24.0 Å². The Kier molecular flexibility index (Phi) is 12.5. The van der Waals surface area contributed by atoms with Crippen LogP contribution in [-0.2, 0) is 39.6 Å². The Hall–Kier alpha value is -4.95. The lowest BCUT2D eigenvalue weighted by Crippen LogP contribution is -2.42. The number of hydrogen-bond donors (Lipinski definition) is 0. The van der Waals surface area contributed by atoms with Gasteiger partial charge in [-0.2, -0.15) is 0 Å². The molecule has 1 atom stereocenters. The summed E-state index contributed by atoms with van der Waals surface area (Å²) >= 11 is 0. The fourth-order valence-electron chi connectivity index (χ4n) is 4.85. The molecule has 5 rings (SSSR count). The third-order valence-electron chi connectivity index (χ3n) is 7.52. The highest BCUT2D eigenvalue weighted by Gasteiger charge is 2.41. The average Bonchev–Trinajstić information content (AvgIpc) is 3.09. The number of hydrogen-bond acceptors (Lipinski definition) is 6. The highest BCUT2D eigenvalue weighted by Crippen LogP contribution is 2.30. The summed E-state index contributed by atoms with van der Waals surface area (Å²) in [4.78, 5) is 23.8. The predicted octanol–water partition coefficient (Wildman–Crippen LogP) is 8.56. The quantitative estimate of drug-likeness (QED) is 0.0747. The second-order valence-electron chi connectivity index (χ2n) is 10.9. The molecule has 0 radical (unpaired) electrons. The van der Waals surface area contributed by atoms with Gasteiger partial charge in [0.1, 0.15) is 0 Å². The predicted molar refractivity (Wildman–Crippen MR) is 180 cm³/mol. The third kappa shape index (κ3) is 9.28. The van der Waals surface area contributed by atoms with Crippen molar-refractivity contribution in [3.63, 3.8) is 0 Å². The summed E-state index contributed by atoms with van der Waals surface area (Å²) in [6, 6.07) is 41.6. The maximum Gasteiger partial charge on any atom is 0.274 e. The number of nitro groups is 1. The first kappa shape index (κ1) is 33.9. The van der Waals surface area contributed by atoms with E-state index in [1.54, 1.807) is 37.4 Å². The van der Waals surface area contributed by atoms with Crippen LogP contribution in [-0.4, -0.2) is 24.4 Å². The van der Waals surface area contributed by atoms with Crippen LogP contribution in [0.15, 0.2) is 133 Å². The smallest absolute Gasteiger partial charge is 0.274 e. The largest absolute Gasteiger partial charge is 0.373 e. The van der Waals surface area contributed by atoms with Gasteiger partial charge in [-0.05, 0) is 36.6 Å². The summed E-state index contributed by atoms with van der Waals surface area (Å²) in [5.41, 5.74) is 5.41. The number of benzene rings is 5. The zero-order valence-electron chi connectivity index (χ0n) is 26.4. The molecule has 7 nitrogen and oxygen atoms in total. The van der Waals surface area contributed by atoms with Crippen molar-refractivity contribution in [3.05, 3.63) is 183 Å². The van der Waals surface area contributed by atoms with E-state index in [0.29, 0.717) is 24.3 Å². The van der Waals surface area contributed by atoms with Crippen molar-refractivity contribution < 1.29 is 23.9 Å². The molecule has 5 aromatic carbocycles. The van der Waals surface area contributed by atoms with Crippen LogP contribution in [0.1, 0.15) is 43.7 Å². The van der Waals surface area contributed by atoms with E-state index in [9.17, 15) is 14.9 Å². The molecule has 0 heterocycles. The summed E-state index contributed by atoms with van der Waals surface area (Å²) in [6.45, 7) is 5.32. The highest BCUT2D eigenvalue weighted by atomic mass is 16.6. The number of carbonyl (C=O) groups excluding carboxylic acids is 1. The zero-order valence-corrected chi connectivity index (χ0v) is 26.4. The second kappa shape index (κ2) is 16.9. The Morgan fingerprint density at radius 1 is 0.652 bits per heavy atom. The van der Waals surface area contributed by atoms with Gasteiger partial charge in [-0.25, -0.2) is 0 Å². The van der Waals surface area contributed by atoms with Crippen molar-refractivity contribution in [2.45, 2.75) is 39.3 Å². The Labute approximate surface area is 270 Å². The summed E-state index contributed by atoms with van der Waals surface area (Å²) in [5, 5.41) is 10.8. The lowest BCUT2D eigenvalue weighted by atomic mass is 9.86. The topological polar surface area (TPSA) is 87.9 Å². The minimum Gasteiger partial charge on any atom is -0.373 e. The van der Waals surface area contributed by atoms with Crippen LogP contribution < -0.4 is 0 Å². The number of ketones is 1. The number of nitro benzene ring substituents is 1. The summed E-state index contributed by atoms with van der Waals surface area (Å²) in [6.07, 6.45) is 0. The van der Waals surface area contributed by atoms with E-state index in [1.807, 2.05) is 91.9 Å². The Morgan fingerprint density at radius 3 is 1.70 bits per heavy atom. The molecule has 0 saturated carbocycles. The van der Waals surface area contributed by atoms with Gasteiger partial charge in [0.05, 0.1) is 36.9 Å². The van der Waals surface area contributed by atoms with Crippen molar-refractivity contribution in [2.75, 3.05) is 13.7 Å². The third-order valence-corrected chi connectivity index (χ3v) is 7.52. The van der Waals surface area contributed by atoms with E-state index in [2.05, 4.69) is 19.1 Å². The number of nitrogens with zero attached hydrogens (tertiary/aromatic N) is 1. The molecule has 0 saturated heterocycles. The lowest BCUT2D eigenvalue weighted by molar-refractivity contribution is -0.386. The molecule has 0 aliphatic heterocycles. The molecule has 0 aliphatic rings. The maximum atomic E-state index is 13.4. The minimum atomic E-state index is -1.19. The normalized spacial score (nSPS) is 12.0. The average molecular weight is 618 g/mol. The molecule has 0 spiro atoms. The number of ether oxygens (including phenoxy) is 3. The SMILES string of the molecule is COC(COCc1ccc(C)cc1)(C(=O)c1ccccc1)c1ccccc1.Cc1ccc(COCc2ccccc2[N+](=O)[O-])cc1. The van der Waals surface area contributed by atoms with Crippen LogP contribution in [0.2, 0.25) is 0 Å². The fraction of sp³-hybridized carbons (Fsp3) is 0.205. The molecule has 0 N–H and O–H groups in total. The molecular formula is C39H39NO6. The van der Waals surface area contributed by atoms with Gasteiger partial charge in [-0.15, -0.1) is 0 Å². The van der Waals surface area contributed by atoms with Crippen molar-refractivity contribution in [1.29, 1.82) is 0 Å². The van der Waals surface area contributed by atoms with Gasteiger partial charge in [0.2, 0.25) is 5.78 Å². The van der Waals surface area contributed by atoms with Crippen LogP contribution >= 0.6 is 0 Å². The lowest BCUT2D eigenvalue weighted by Gasteiger charge is -2.31. The van der Waals surface area contributed by atoms with Crippen molar-refractivity contribution >= 4 is 11.5 Å². The van der Waals surface area contributed by atoms with E-state index in [4.69, 9.17) is 14.2 Å². The number of aryl methyl sites for hydroxylation is 2. The van der Waals surface area contributed by atoms with Gasteiger partial charge in [0, 0.05) is 18.7 Å². The van der Waals surface area contributed by atoms with Gasteiger partial charge in [0.15, 0.2) is 5.60 Å². The molecule has 46 heavy (non-hydrogen) atoms. The molecule has 0 bridgehead atoms. The molecule has 0 fully saturated rings. The number of methoxy groups -OCH3 is 1. The number of Topliss-reactive ketones (excluding diaryl/α,β-unsaturated/α-hetero) is 1. The highest BCUT2D eigenvalue weighted by molar-refractivity contribution is 6.03. The van der Waals surface area contributed by atoms with E-state index in [1.165, 1.54) is 17.2 Å². The standard InChI is InChI=1S/C24H24O3.C15H15NO3/c1-19-13-15-20(16-14-19)17-27-18-24(26-2,22-11-7-4-8-12-22)23(25)21-9-5-3-6-10-21;1-12-6-8-13(9-7-12)10-19-11-14-4-2-3-5-15(14)16(17)18/h3-16H,17-18H2,1-2H3;2-9H,10-11H2,1H3. The van der Waals surface area contributed by atoms with Crippen LogP contribution in [0.3, 0.4) is 0 Å². The Bertz CT molecular complexity index is 1670. The molecule has 0 aromatic heterocycles. The molecule has 1 unspecified atom stereocenters. The zero-order chi connectivity index (χ0) is 32.8. The van der Waals surface area contributed by atoms with Crippen molar-refractivity contribution in [1.82, 2.24) is 0 Å². The van der Waals surface area contributed by atoms with Crippen LogP contribution in [0.4, 0.5) is 5.69 Å². The molecule has 7 heteroatoms. The van der Waals surface area contributed by atoms with Crippen molar-refractivity contribution in [3.8, 4) is 0 Å². The Morgan fingerprint density at radius 2 is 1.15 bits per heavy atom. The van der Waals surface area contributed by atoms with Gasteiger partial charge in [-0.3, -0.25) is 14.9 Å². The van der Waals surface area contributed by atoms with Crippen LogP contribution in [0.25, 0.3) is 0 Å². The van der Waals surface area contributed by atoms with Crippen molar-refractivity contribution in [2.24, 2.45) is 0 Å². The van der Waals surface area contributed by atoms with E-state index < -0.39 is 5.60 Å².